The van der Waals surface area contributed by atoms with E-state index in [2.05, 4.69) is 26.9 Å². The summed E-state index contributed by atoms with van der Waals surface area (Å²) in [5, 5.41) is 0. The highest BCUT2D eigenvalue weighted by Crippen LogP contribution is 2.22. The summed E-state index contributed by atoms with van der Waals surface area (Å²) in [5.74, 6) is 0. The Balaban J connectivity index is 1.65. The van der Waals surface area contributed by atoms with Crippen molar-refractivity contribution in [2.45, 2.75) is 38.4 Å². The summed E-state index contributed by atoms with van der Waals surface area (Å²) in [6.45, 7) is 6.61. The van der Waals surface area contributed by atoms with Crippen LogP contribution in [-0.4, -0.2) is 47.0 Å². The van der Waals surface area contributed by atoms with Gasteiger partial charge in [-0.15, -0.1) is 0 Å². The van der Waals surface area contributed by atoms with Gasteiger partial charge in [0.1, 0.15) is 0 Å². The van der Waals surface area contributed by atoms with Gasteiger partial charge in [-0.05, 0) is 56.6 Å². The summed E-state index contributed by atoms with van der Waals surface area (Å²) in [5.41, 5.74) is 8.01. The zero-order valence-electron chi connectivity index (χ0n) is 11.6. The zero-order chi connectivity index (χ0) is 13.1. The molecule has 0 amide bonds. The average Bonchev–Trinajstić information content (AvgIpc) is 2.78. The lowest BCUT2D eigenvalue weighted by Crippen LogP contribution is -2.36. The molecule has 0 bridgehead atoms. The van der Waals surface area contributed by atoms with Crippen molar-refractivity contribution in [2.24, 2.45) is 5.73 Å². The zero-order valence-corrected chi connectivity index (χ0v) is 11.6. The predicted octanol–water partition coefficient (Wildman–Crippen LogP) is 1.21. The summed E-state index contributed by atoms with van der Waals surface area (Å²) >= 11 is 0. The summed E-state index contributed by atoms with van der Waals surface area (Å²) in [6, 6.07) is 5.06. The summed E-state index contributed by atoms with van der Waals surface area (Å²) < 4.78 is 0. The van der Waals surface area contributed by atoms with Crippen LogP contribution in [0.5, 0.6) is 0 Å². The van der Waals surface area contributed by atoms with E-state index in [0.717, 1.165) is 18.3 Å². The second-order valence-electron chi connectivity index (χ2n) is 5.78. The van der Waals surface area contributed by atoms with E-state index in [4.69, 9.17) is 5.73 Å². The molecule has 2 aliphatic heterocycles. The van der Waals surface area contributed by atoms with Crippen LogP contribution in [0.25, 0.3) is 0 Å². The van der Waals surface area contributed by atoms with E-state index in [0.29, 0.717) is 6.54 Å². The van der Waals surface area contributed by atoms with Gasteiger partial charge in [0.2, 0.25) is 0 Å². The lowest BCUT2D eigenvalue weighted by molar-refractivity contribution is 0.215. The summed E-state index contributed by atoms with van der Waals surface area (Å²) in [4.78, 5) is 9.55. The molecular weight excluding hydrogens is 236 g/mol. The topological polar surface area (TPSA) is 45.4 Å². The lowest BCUT2D eigenvalue weighted by atomic mass is 10.1. The van der Waals surface area contributed by atoms with E-state index in [1.807, 2.05) is 6.20 Å². The smallest absolute Gasteiger partial charge is 0.0542 e. The molecule has 2 saturated heterocycles. The third kappa shape index (κ3) is 3.14. The van der Waals surface area contributed by atoms with E-state index >= 15 is 0 Å². The van der Waals surface area contributed by atoms with Crippen LogP contribution in [0.3, 0.4) is 0 Å². The molecule has 104 valence electrons. The number of nitrogens with zero attached hydrogens (tertiary/aromatic N) is 3. The van der Waals surface area contributed by atoms with Gasteiger partial charge < -0.3 is 5.73 Å². The van der Waals surface area contributed by atoms with Crippen molar-refractivity contribution in [1.29, 1.82) is 0 Å². The minimum atomic E-state index is 0.532. The molecule has 4 nitrogen and oxygen atoms in total. The fourth-order valence-corrected chi connectivity index (χ4v) is 3.42. The van der Waals surface area contributed by atoms with Crippen molar-refractivity contribution in [3.05, 3.63) is 29.6 Å². The van der Waals surface area contributed by atoms with Gasteiger partial charge in [-0.3, -0.25) is 14.8 Å². The molecule has 1 aromatic heterocycles. The van der Waals surface area contributed by atoms with Gasteiger partial charge in [-0.25, -0.2) is 0 Å². The molecule has 19 heavy (non-hydrogen) atoms. The number of nitrogens with two attached hydrogens (primary N) is 1. The molecule has 3 heterocycles. The largest absolute Gasteiger partial charge is 0.325 e. The maximum atomic E-state index is 5.66. The standard InChI is InChI=1S/C15H24N4/c16-10-14-9-13(4-5-17-14)11-18-6-2-8-19-7-1-3-15(19)12-18/h4-5,9,15H,1-3,6-8,10-12,16H2. The molecule has 0 radical (unpaired) electrons. The van der Waals surface area contributed by atoms with Gasteiger partial charge in [0, 0.05) is 31.9 Å². The molecule has 1 unspecified atom stereocenters. The van der Waals surface area contributed by atoms with Crippen molar-refractivity contribution in [3.63, 3.8) is 0 Å². The molecule has 0 saturated carbocycles. The number of fused-ring (bicyclic) bond motifs is 1. The van der Waals surface area contributed by atoms with Crippen LogP contribution in [0.1, 0.15) is 30.5 Å². The van der Waals surface area contributed by atoms with Gasteiger partial charge in [-0.2, -0.15) is 0 Å². The van der Waals surface area contributed by atoms with E-state index in [9.17, 15) is 0 Å². The minimum Gasteiger partial charge on any atom is -0.325 e. The molecular formula is C15H24N4. The molecule has 3 rings (SSSR count). The van der Waals surface area contributed by atoms with Crippen LogP contribution >= 0.6 is 0 Å². The maximum Gasteiger partial charge on any atom is 0.0542 e. The van der Waals surface area contributed by atoms with Crippen molar-refractivity contribution in [2.75, 3.05) is 26.2 Å². The van der Waals surface area contributed by atoms with Crippen molar-refractivity contribution < 1.29 is 0 Å². The molecule has 0 aromatic carbocycles. The first-order valence-corrected chi connectivity index (χ1v) is 7.45. The molecule has 2 N–H and O–H groups in total. The van der Waals surface area contributed by atoms with E-state index in [1.54, 1.807) is 0 Å². The first kappa shape index (κ1) is 13.0. The molecule has 4 heteroatoms. The Hall–Kier alpha value is -0.970. The van der Waals surface area contributed by atoms with Crippen molar-refractivity contribution in [3.8, 4) is 0 Å². The Bertz CT molecular complexity index is 420. The fourth-order valence-electron chi connectivity index (χ4n) is 3.42. The number of hydrogen-bond acceptors (Lipinski definition) is 4. The number of rotatable bonds is 3. The highest BCUT2D eigenvalue weighted by atomic mass is 15.3. The maximum absolute atomic E-state index is 5.66. The molecule has 2 aliphatic rings. The minimum absolute atomic E-state index is 0.532. The van der Waals surface area contributed by atoms with Crippen LogP contribution in [0.15, 0.2) is 18.3 Å². The molecule has 1 aromatic rings. The summed E-state index contributed by atoms with van der Waals surface area (Å²) in [6.07, 6.45) is 5.94. The third-order valence-corrected chi connectivity index (χ3v) is 4.38. The molecule has 2 fully saturated rings. The highest BCUT2D eigenvalue weighted by molar-refractivity contribution is 5.16. The summed E-state index contributed by atoms with van der Waals surface area (Å²) in [7, 11) is 0. The number of hydrogen-bond donors (Lipinski definition) is 1. The molecule has 0 aliphatic carbocycles. The highest BCUT2D eigenvalue weighted by Gasteiger charge is 2.28. The van der Waals surface area contributed by atoms with Crippen LogP contribution in [0.4, 0.5) is 0 Å². The number of pyridine rings is 1. The van der Waals surface area contributed by atoms with Crippen LogP contribution in [0, 0.1) is 0 Å². The molecule has 0 spiro atoms. The van der Waals surface area contributed by atoms with E-state index < -0.39 is 0 Å². The lowest BCUT2D eigenvalue weighted by Gasteiger charge is -2.25. The third-order valence-electron chi connectivity index (χ3n) is 4.38. The first-order valence-electron chi connectivity index (χ1n) is 7.45. The second-order valence-corrected chi connectivity index (χ2v) is 5.78. The van der Waals surface area contributed by atoms with Crippen molar-refractivity contribution >= 4 is 0 Å². The Morgan fingerprint density at radius 2 is 2.16 bits per heavy atom. The Morgan fingerprint density at radius 3 is 3.05 bits per heavy atom. The van der Waals surface area contributed by atoms with Gasteiger partial charge in [0.15, 0.2) is 0 Å². The SMILES string of the molecule is NCc1cc(CN2CCCN3CCCC3C2)ccn1. The van der Waals surface area contributed by atoms with Gasteiger partial charge in [-0.1, -0.05) is 0 Å². The van der Waals surface area contributed by atoms with Crippen LogP contribution in [0.2, 0.25) is 0 Å². The van der Waals surface area contributed by atoms with Crippen LogP contribution < -0.4 is 5.73 Å². The normalized spacial score (nSPS) is 25.2. The van der Waals surface area contributed by atoms with E-state index in [1.165, 1.54) is 51.0 Å². The Labute approximate surface area is 115 Å². The van der Waals surface area contributed by atoms with Gasteiger partial charge in [0.05, 0.1) is 5.69 Å². The predicted molar refractivity (Wildman–Crippen MR) is 76.6 cm³/mol. The van der Waals surface area contributed by atoms with Gasteiger partial charge >= 0.3 is 0 Å². The number of aromatic nitrogens is 1. The Morgan fingerprint density at radius 1 is 1.26 bits per heavy atom. The first-order chi connectivity index (χ1) is 9.35. The average molecular weight is 260 g/mol. The Kier molecular flexibility index (Phi) is 4.11. The molecule has 1 atom stereocenters. The monoisotopic (exact) mass is 260 g/mol. The van der Waals surface area contributed by atoms with Crippen molar-refractivity contribution in [1.82, 2.24) is 14.8 Å². The van der Waals surface area contributed by atoms with Gasteiger partial charge in [0.25, 0.3) is 0 Å². The fraction of sp³-hybridized carbons (Fsp3) is 0.667. The van der Waals surface area contributed by atoms with Crippen LogP contribution in [-0.2, 0) is 13.1 Å². The van der Waals surface area contributed by atoms with E-state index in [-0.39, 0.29) is 0 Å². The quantitative estimate of drug-likeness (QED) is 0.887. The second kappa shape index (κ2) is 5.99.